The third-order valence-electron chi connectivity index (χ3n) is 3.18. The molecule has 0 spiro atoms. The molecule has 0 bridgehead atoms. The van der Waals surface area contributed by atoms with Crippen LogP contribution in [0.2, 0.25) is 5.02 Å². The maximum Gasteiger partial charge on any atom is 0.344 e. The van der Waals surface area contributed by atoms with Crippen LogP contribution in [-0.4, -0.2) is 21.7 Å². The minimum Gasteiger partial charge on any atom is -0.482 e. The largest absolute Gasteiger partial charge is 0.482 e. The van der Waals surface area contributed by atoms with Crippen LogP contribution < -0.4 is 16.0 Å². The van der Waals surface area contributed by atoms with Gasteiger partial charge >= 0.3 is 11.7 Å². The Hall–Kier alpha value is -2.54. The molecule has 0 unspecified atom stereocenters. The lowest BCUT2D eigenvalue weighted by Gasteiger charge is -2.10. The smallest absolute Gasteiger partial charge is 0.344 e. The lowest BCUT2D eigenvalue weighted by Crippen LogP contribution is -2.38. The van der Waals surface area contributed by atoms with Crippen molar-refractivity contribution < 1.29 is 14.3 Å². The van der Waals surface area contributed by atoms with Gasteiger partial charge in [-0.15, -0.1) is 0 Å². The van der Waals surface area contributed by atoms with E-state index >= 15 is 0 Å². The zero-order valence-electron chi connectivity index (χ0n) is 12.6. The van der Waals surface area contributed by atoms with Gasteiger partial charge in [0, 0.05) is 25.2 Å². The number of hydrogen-bond acceptors (Lipinski definition) is 5. The van der Waals surface area contributed by atoms with Crippen molar-refractivity contribution in [1.82, 2.24) is 9.13 Å². The number of benzene rings is 1. The Morgan fingerprint density at radius 1 is 1.13 bits per heavy atom. The summed E-state index contributed by atoms with van der Waals surface area (Å²) in [5.41, 5.74) is -0.643. The Bertz CT molecular complexity index is 823. The molecule has 0 fully saturated rings. The maximum absolute atomic E-state index is 11.7. The van der Waals surface area contributed by atoms with Crippen LogP contribution in [0.5, 0.6) is 5.75 Å². The Morgan fingerprint density at radius 3 is 2.43 bits per heavy atom. The summed E-state index contributed by atoms with van der Waals surface area (Å²) < 4.78 is 12.5. The first-order chi connectivity index (χ1) is 10.9. The van der Waals surface area contributed by atoms with E-state index in [1.165, 1.54) is 24.7 Å². The summed E-state index contributed by atoms with van der Waals surface area (Å²) in [5.74, 6) is -0.139. The SMILES string of the molecule is Cn1c(COC(=O)COc2ccc(Cl)cc2)cc(=O)n(C)c1=O. The van der Waals surface area contributed by atoms with E-state index in [0.29, 0.717) is 16.5 Å². The molecule has 0 aliphatic rings. The summed E-state index contributed by atoms with van der Waals surface area (Å²) in [6.07, 6.45) is 0. The van der Waals surface area contributed by atoms with E-state index in [2.05, 4.69) is 0 Å². The molecule has 1 aromatic heterocycles. The monoisotopic (exact) mass is 338 g/mol. The second kappa shape index (κ2) is 7.15. The molecule has 1 aromatic carbocycles. The van der Waals surface area contributed by atoms with Gasteiger partial charge in [-0.05, 0) is 24.3 Å². The molecule has 7 nitrogen and oxygen atoms in total. The maximum atomic E-state index is 11.7. The van der Waals surface area contributed by atoms with Crippen LogP contribution in [0.4, 0.5) is 0 Å². The van der Waals surface area contributed by atoms with E-state index in [-0.39, 0.29) is 13.2 Å². The molecule has 0 amide bonds. The third kappa shape index (κ3) is 4.23. The zero-order valence-corrected chi connectivity index (χ0v) is 13.4. The summed E-state index contributed by atoms with van der Waals surface area (Å²) in [4.78, 5) is 35.0. The molecule has 0 saturated carbocycles. The van der Waals surface area contributed by atoms with Crippen LogP contribution in [-0.2, 0) is 30.2 Å². The van der Waals surface area contributed by atoms with Gasteiger partial charge in [0.2, 0.25) is 0 Å². The van der Waals surface area contributed by atoms with Gasteiger partial charge < -0.3 is 9.47 Å². The van der Waals surface area contributed by atoms with Crippen LogP contribution in [0.25, 0.3) is 0 Å². The van der Waals surface area contributed by atoms with Gasteiger partial charge in [0.1, 0.15) is 12.4 Å². The molecule has 23 heavy (non-hydrogen) atoms. The standard InChI is InChI=1S/C15H15ClN2O5/c1-17-11(7-13(19)18(2)15(17)21)8-23-14(20)9-22-12-5-3-10(16)4-6-12/h3-7H,8-9H2,1-2H3. The van der Waals surface area contributed by atoms with E-state index in [0.717, 1.165) is 4.57 Å². The fourth-order valence-corrected chi connectivity index (χ4v) is 1.91. The first kappa shape index (κ1) is 16.8. The van der Waals surface area contributed by atoms with E-state index in [4.69, 9.17) is 21.1 Å². The van der Waals surface area contributed by atoms with Gasteiger partial charge in [-0.1, -0.05) is 11.6 Å². The van der Waals surface area contributed by atoms with Gasteiger partial charge in [-0.2, -0.15) is 0 Å². The minimum atomic E-state index is -0.618. The quantitative estimate of drug-likeness (QED) is 0.755. The van der Waals surface area contributed by atoms with Crippen LogP contribution in [0.3, 0.4) is 0 Å². The zero-order chi connectivity index (χ0) is 17.0. The normalized spacial score (nSPS) is 10.4. The summed E-state index contributed by atoms with van der Waals surface area (Å²) in [6, 6.07) is 7.77. The van der Waals surface area contributed by atoms with Crippen molar-refractivity contribution >= 4 is 17.6 Å². The molecule has 2 rings (SSSR count). The van der Waals surface area contributed by atoms with Gasteiger partial charge in [0.15, 0.2) is 6.61 Å². The number of hydrogen-bond donors (Lipinski definition) is 0. The second-order valence-corrected chi connectivity index (χ2v) is 5.21. The predicted molar refractivity (Wildman–Crippen MR) is 83.7 cm³/mol. The van der Waals surface area contributed by atoms with Crippen LogP contribution in [0.15, 0.2) is 39.9 Å². The van der Waals surface area contributed by atoms with E-state index < -0.39 is 17.2 Å². The highest BCUT2D eigenvalue weighted by molar-refractivity contribution is 6.30. The number of halogens is 1. The number of aromatic nitrogens is 2. The fraction of sp³-hybridized carbons (Fsp3) is 0.267. The minimum absolute atomic E-state index is 0.190. The van der Waals surface area contributed by atoms with Crippen molar-refractivity contribution in [2.75, 3.05) is 6.61 Å². The number of rotatable bonds is 5. The van der Waals surface area contributed by atoms with E-state index in [9.17, 15) is 14.4 Å². The predicted octanol–water partition coefficient (Wildman–Crippen LogP) is 0.860. The molecule has 0 atom stereocenters. The number of nitrogens with zero attached hydrogens (tertiary/aromatic N) is 2. The highest BCUT2D eigenvalue weighted by Gasteiger charge is 2.09. The highest BCUT2D eigenvalue weighted by Crippen LogP contribution is 2.15. The molecule has 2 aromatic rings. The van der Waals surface area contributed by atoms with Gasteiger partial charge in [0.25, 0.3) is 5.56 Å². The summed E-state index contributed by atoms with van der Waals surface area (Å²) >= 11 is 5.74. The van der Waals surface area contributed by atoms with Crippen molar-refractivity contribution in [1.29, 1.82) is 0 Å². The number of esters is 1. The molecule has 0 aliphatic carbocycles. The third-order valence-corrected chi connectivity index (χ3v) is 3.43. The van der Waals surface area contributed by atoms with Crippen LogP contribution >= 0.6 is 11.6 Å². The lowest BCUT2D eigenvalue weighted by atomic mass is 10.3. The Kier molecular flexibility index (Phi) is 5.23. The van der Waals surface area contributed by atoms with Gasteiger partial charge in [0.05, 0.1) is 5.69 Å². The summed E-state index contributed by atoms with van der Waals surface area (Å²) in [6.45, 7) is -0.481. The molecule has 0 radical (unpaired) electrons. The van der Waals surface area contributed by atoms with Crippen LogP contribution in [0.1, 0.15) is 5.69 Å². The van der Waals surface area contributed by atoms with E-state index in [1.54, 1.807) is 24.3 Å². The first-order valence-corrected chi connectivity index (χ1v) is 7.06. The molecule has 0 aliphatic heterocycles. The molecule has 122 valence electrons. The topological polar surface area (TPSA) is 79.5 Å². The average molecular weight is 339 g/mol. The first-order valence-electron chi connectivity index (χ1n) is 6.68. The lowest BCUT2D eigenvalue weighted by molar-refractivity contribution is -0.147. The van der Waals surface area contributed by atoms with Crippen molar-refractivity contribution in [2.24, 2.45) is 14.1 Å². The fourth-order valence-electron chi connectivity index (χ4n) is 1.79. The van der Waals surface area contributed by atoms with Crippen molar-refractivity contribution in [3.63, 3.8) is 0 Å². The van der Waals surface area contributed by atoms with E-state index in [1.807, 2.05) is 0 Å². The molecule has 0 saturated heterocycles. The summed E-state index contributed by atoms with van der Waals surface area (Å²) in [7, 11) is 2.87. The molecule has 1 heterocycles. The Balaban J connectivity index is 1.93. The molecule has 0 N–H and O–H groups in total. The van der Waals surface area contributed by atoms with Crippen molar-refractivity contribution in [2.45, 2.75) is 6.61 Å². The highest BCUT2D eigenvalue weighted by atomic mass is 35.5. The van der Waals surface area contributed by atoms with Gasteiger partial charge in [-0.3, -0.25) is 13.9 Å². The number of carbonyl (C=O) groups is 1. The average Bonchev–Trinajstić information content (AvgIpc) is 2.54. The Morgan fingerprint density at radius 2 is 1.78 bits per heavy atom. The Labute approximate surface area is 136 Å². The molecule has 8 heteroatoms. The molecular weight excluding hydrogens is 324 g/mol. The van der Waals surface area contributed by atoms with Gasteiger partial charge in [-0.25, -0.2) is 9.59 Å². The number of carbonyl (C=O) groups excluding carboxylic acids is 1. The number of ether oxygens (including phenoxy) is 2. The second-order valence-electron chi connectivity index (χ2n) is 4.78. The summed E-state index contributed by atoms with van der Waals surface area (Å²) in [5, 5.41) is 0.562. The van der Waals surface area contributed by atoms with Crippen molar-refractivity contribution in [3.8, 4) is 5.75 Å². The van der Waals surface area contributed by atoms with Crippen molar-refractivity contribution in [3.05, 3.63) is 61.9 Å². The van der Waals surface area contributed by atoms with Crippen LogP contribution in [0, 0.1) is 0 Å². The molecular formula is C15H15ClN2O5.